The number of pyridine rings is 1. The monoisotopic (exact) mass is 826 g/mol. The van der Waals surface area contributed by atoms with E-state index in [-0.39, 0.29) is 35.6 Å². The molecule has 4 aliphatic heterocycles. The van der Waals surface area contributed by atoms with Gasteiger partial charge in [-0.1, -0.05) is 0 Å². The van der Waals surface area contributed by atoms with E-state index in [0.29, 0.717) is 57.3 Å². The van der Waals surface area contributed by atoms with Gasteiger partial charge in [-0.25, -0.2) is 4.79 Å². The van der Waals surface area contributed by atoms with Crippen LogP contribution in [0.2, 0.25) is 0 Å². The van der Waals surface area contributed by atoms with Gasteiger partial charge in [0.25, 0.3) is 17.4 Å². The average molecular weight is 827 g/mol. The number of amides is 6. The Kier molecular flexibility index (Phi) is 12.6. The van der Waals surface area contributed by atoms with Crippen LogP contribution in [0.15, 0.2) is 41.3 Å². The quantitative estimate of drug-likeness (QED) is 0.197. The molecule has 320 valence electrons. The highest BCUT2D eigenvalue weighted by Gasteiger charge is 2.45. The number of fused-ring (bicyclic) bond motifs is 2. The summed E-state index contributed by atoms with van der Waals surface area (Å²) < 4.78 is 19.5. The number of benzene rings is 2. The van der Waals surface area contributed by atoms with Crippen LogP contribution in [0.4, 0.5) is 10.5 Å². The number of anilines is 1. The van der Waals surface area contributed by atoms with Crippen LogP contribution in [0.5, 0.6) is 11.5 Å². The van der Waals surface area contributed by atoms with Crippen LogP contribution < -0.4 is 25.2 Å². The Labute approximate surface area is 349 Å². The minimum absolute atomic E-state index is 0.0533. The summed E-state index contributed by atoms with van der Waals surface area (Å²) in [6.07, 6.45) is 2.50. The van der Waals surface area contributed by atoms with Gasteiger partial charge in [0.2, 0.25) is 11.8 Å². The second-order valence-electron chi connectivity index (χ2n) is 16.0. The van der Waals surface area contributed by atoms with Crippen molar-refractivity contribution in [3.8, 4) is 22.6 Å². The minimum Gasteiger partial charge on any atom is -0.496 e. The molecule has 0 spiro atoms. The summed E-state index contributed by atoms with van der Waals surface area (Å²) in [5.74, 6) is -0.723. The van der Waals surface area contributed by atoms with Gasteiger partial charge in [0, 0.05) is 109 Å². The molecule has 5 heterocycles. The number of hydrogen-bond donors (Lipinski definition) is 1. The van der Waals surface area contributed by atoms with E-state index in [1.54, 1.807) is 61.9 Å². The largest absolute Gasteiger partial charge is 0.496 e. The van der Waals surface area contributed by atoms with Crippen molar-refractivity contribution >= 4 is 35.3 Å². The second kappa shape index (κ2) is 17.8. The standard InChI is InChI=1S/C43H54N8O9/c1-45(2)43(57)50-12-11-30-33(26-50)32(25-47(4)40(30)54)27-21-36(58-5)34(37(22-27)59-6)24-46(3)17-19-60-20-18-48-13-15-49(16-14-48)28-7-8-29-31(23-28)42(56)51(41(29)55)35-9-10-38(52)44-39(35)53/h7-8,21-23,25,35H,9-20,24,26H2,1-6H3,(H,44,52,53). The normalized spacial score (nSPS) is 18.2. The van der Waals surface area contributed by atoms with Gasteiger partial charge in [0.15, 0.2) is 0 Å². The third-order valence-corrected chi connectivity index (χ3v) is 11.9. The van der Waals surface area contributed by atoms with Crippen molar-refractivity contribution in [1.82, 2.24) is 34.4 Å². The number of nitrogens with one attached hydrogen (secondary N) is 1. The number of likely N-dealkylation sites (N-methyl/N-ethyl adjacent to an activating group) is 1. The third-order valence-electron chi connectivity index (χ3n) is 11.9. The lowest BCUT2D eigenvalue weighted by Crippen LogP contribution is -2.54. The van der Waals surface area contributed by atoms with E-state index in [4.69, 9.17) is 14.2 Å². The molecule has 2 aromatic carbocycles. The Balaban J connectivity index is 0.898. The molecule has 2 saturated heterocycles. The number of piperazine rings is 1. The number of aromatic nitrogens is 1. The molecule has 1 aromatic heterocycles. The van der Waals surface area contributed by atoms with Crippen LogP contribution in [0.25, 0.3) is 11.1 Å². The topological polar surface area (TPSA) is 167 Å². The van der Waals surface area contributed by atoms with Gasteiger partial charge >= 0.3 is 6.03 Å². The van der Waals surface area contributed by atoms with Crippen molar-refractivity contribution in [2.45, 2.75) is 38.4 Å². The number of rotatable bonds is 13. The Morgan fingerprint density at radius 3 is 2.20 bits per heavy atom. The lowest BCUT2D eigenvalue weighted by atomic mass is 9.92. The van der Waals surface area contributed by atoms with E-state index in [9.17, 15) is 28.8 Å². The Hall–Kier alpha value is -5.78. The van der Waals surface area contributed by atoms with Gasteiger partial charge in [0.1, 0.15) is 17.5 Å². The molecule has 17 nitrogen and oxygen atoms in total. The molecule has 0 saturated carbocycles. The average Bonchev–Trinajstić information content (AvgIpc) is 3.49. The number of methoxy groups -OCH3 is 2. The number of aryl methyl sites for hydroxylation is 1. The molecule has 1 atom stereocenters. The summed E-state index contributed by atoms with van der Waals surface area (Å²) >= 11 is 0. The van der Waals surface area contributed by atoms with Crippen molar-refractivity contribution < 1.29 is 38.2 Å². The van der Waals surface area contributed by atoms with Gasteiger partial charge < -0.3 is 33.5 Å². The van der Waals surface area contributed by atoms with Crippen LogP contribution in [0, 0.1) is 0 Å². The van der Waals surface area contributed by atoms with Crippen LogP contribution in [0.1, 0.15) is 50.2 Å². The zero-order valence-corrected chi connectivity index (χ0v) is 35.2. The number of urea groups is 1. The molecule has 0 aliphatic carbocycles. The first-order chi connectivity index (χ1) is 28.8. The van der Waals surface area contributed by atoms with E-state index in [2.05, 4.69) is 20.0 Å². The molecule has 6 amide bonds. The summed E-state index contributed by atoms with van der Waals surface area (Å²) in [7, 11) is 10.5. The van der Waals surface area contributed by atoms with Crippen molar-refractivity contribution in [3.63, 3.8) is 0 Å². The molecule has 3 aromatic rings. The Morgan fingerprint density at radius 2 is 1.53 bits per heavy atom. The van der Waals surface area contributed by atoms with Crippen molar-refractivity contribution in [3.05, 3.63) is 74.7 Å². The number of ether oxygens (including phenoxy) is 3. The van der Waals surface area contributed by atoms with E-state index in [1.165, 1.54) is 0 Å². The minimum atomic E-state index is -0.989. The van der Waals surface area contributed by atoms with Gasteiger partial charge in [0.05, 0.1) is 44.1 Å². The lowest BCUT2D eigenvalue weighted by molar-refractivity contribution is -0.136. The van der Waals surface area contributed by atoms with Crippen molar-refractivity contribution in [2.75, 3.05) is 99.3 Å². The Morgan fingerprint density at radius 1 is 0.833 bits per heavy atom. The highest BCUT2D eigenvalue weighted by Crippen LogP contribution is 2.38. The fourth-order valence-electron chi connectivity index (χ4n) is 8.53. The highest BCUT2D eigenvalue weighted by molar-refractivity contribution is 6.23. The van der Waals surface area contributed by atoms with Crippen LogP contribution in [0.3, 0.4) is 0 Å². The Bertz CT molecular complexity index is 2220. The zero-order valence-electron chi connectivity index (χ0n) is 35.2. The number of piperidine rings is 1. The maximum Gasteiger partial charge on any atom is 0.319 e. The van der Waals surface area contributed by atoms with Crippen LogP contribution >= 0.6 is 0 Å². The third kappa shape index (κ3) is 8.46. The van der Waals surface area contributed by atoms with E-state index >= 15 is 0 Å². The molecule has 7 rings (SSSR count). The number of carbonyl (C=O) groups excluding carboxylic acids is 5. The zero-order chi connectivity index (χ0) is 42.8. The smallest absolute Gasteiger partial charge is 0.319 e. The molecule has 1 N–H and O–H groups in total. The molecule has 4 aliphatic rings. The summed E-state index contributed by atoms with van der Waals surface area (Å²) in [6, 6.07) is 8.09. The summed E-state index contributed by atoms with van der Waals surface area (Å²) in [6.45, 7) is 7.00. The molecule has 17 heteroatoms. The summed E-state index contributed by atoms with van der Waals surface area (Å²) in [5, 5.41) is 2.23. The van der Waals surface area contributed by atoms with Crippen LogP contribution in [-0.4, -0.2) is 159 Å². The first kappa shape index (κ1) is 42.3. The maximum absolute atomic E-state index is 13.3. The first-order valence-corrected chi connectivity index (χ1v) is 20.3. The van der Waals surface area contributed by atoms with E-state index in [0.717, 1.165) is 71.1 Å². The van der Waals surface area contributed by atoms with Crippen LogP contribution in [-0.2, 0) is 40.9 Å². The highest BCUT2D eigenvalue weighted by atomic mass is 16.5. The fourth-order valence-corrected chi connectivity index (χ4v) is 8.53. The summed E-state index contributed by atoms with van der Waals surface area (Å²) in [4.78, 5) is 87.5. The molecule has 1 unspecified atom stereocenters. The molecule has 2 fully saturated rings. The number of nitrogens with zero attached hydrogens (tertiary/aromatic N) is 7. The molecular formula is C43H54N8O9. The molecular weight excluding hydrogens is 773 g/mol. The van der Waals surface area contributed by atoms with Gasteiger partial charge in [-0.15, -0.1) is 0 Å². The number of carbonyl (C=O) groups is 5. The predicted octanol–water partition coefficient (Wildman–Crippen LogP) is 1.78. The maximum atomic E-state index is 13.3. The predicted molar refractivity (Wildman–Crippen MR) is 222 cm³/mol. The molecule has 0 bridgehead atoms. The fraction of sp³-hybridized carbons (Fsp3) is 0.488. The van der Waals surface area contributed by atoms with Gasteiger partial charge in [-0.05, 0) is 61.3 Å². The summed E-state index contributed by atoms with van der Waals surface area (Å²) in [5.41, 5.74) is 5.48. The molecule has 60 heavy (non-hydrogen) atoms. The van der Waals surface area contributed by atoms with Crippen molar-refractivity contribution in [1.29, 1.82) is 0 Å². The molecule has 0 radical (unpaired) electrons. The first-order valence-electron chi connectivity index (χ1n) is 20.3. The number of hydrogen-bond acceptors (Lipinski definition) is 12. The van der Waals surface area contributed by atoms with Gasteiger partial charge in [-0.2, -0.15) is 0 Å². The number of imide groups is 2. The van der Waals surface area contributed by atoms with Gasteiger partial charge in [-0.3, -0.25) is 44.0 Å². The SMILES string of the molecule is COc1cc(-c2cn(C)c(=O)c3c2CN(C(=O)N(C)C)CC3)cc(OC)c1CN(C)CCOCCN1CCN(c2ccc3c(c2)C(=O)N(C2CCC(=O)NC2=O)C3=O)CC1. The van der Waals surface area contributed by atoms with E-state index < -0.39 is 29.7 Å². The second-order valence-corrected chi connectivity index (χ2v) is 16.0. The van der Waals surface area contributed by atoms with E-state index in [1.807, 2.05) is 31.4 Å². The van der Waals surface area contributed by atoms with Crippen molar-refractivity contribution in [2.24, 2.45) is 7.05 Å². The lowest BCUT2D eigenvalue weighted by Gasteiger charge is -2.36.